The van der Waals surface area contributed by atoms with Crippen LogP contribution in [-0.2, 0) is 16.1 Å². The number of carbonyl (C=O) groups excluding carboxylic acids is 3. The summed E-state index contributed by atoms with van der Waals surface area (Å²) in [7, 11) is 0. The van der Waals surface area contributed by atoms with Gasteiger partial charge in [0.1, 0.15) is 11.6 Å². The van der Waals surface area contributed by atoms with Crippen molar-refractivity contribution in [3.05, 3.63) is 65.1 Å². The molecule has 3 amide bonds. The van der Waals surface area contributed by atoms with Gasteiger partial charge in [0.15, 0.2) is 29.1 Å². The number of oxazole rings is 1. The quantitative estimate of drug-likeness (QED) is 0.135. The zero-order chi connectivity index (χ0) is 33.2. The molecule has 1 fully saturated rings. The van der Waals surface area contributed by atoms with E-state index in [0.29, 0.717) is 25.3 Å². The van der Waals surface area contributed by atoms with E-state index < -0.39 is 36.4 Å². The van der Waals surface area contributed by atoms with Gasteiger partial charge in [-0.25, -0.2) is 18.6 Å². The maximum absolute atomic E-state index is 14.1. The standard InChI is InChI=1S/C31H34F4N4O7/c1-17(44-31(36)42)27-26(28(41)37-16-19-9-11-20(32)15-22(19)33)39-29(46-27)18-10-12-23(45-30(34)35)24(14-18)43-13-5-4-8-25(40)38-21-6-2-3-7-21/h9-12,14-15,17,21,30H,2-8,13,16H2,1H3,(H2,36,42)(H,37,41)(H,38,40)/t17-/m0/s1. The number of halogens is 4. The molecule has 248 valence electrons. The first-order chi connectivity index (χ1) is 22.0. The first-order valence-corrected chi connectivity index (χ1v) is 14.7. The Hall–Kier alpha value is -4.82. The highest BCUT2D eigenvalue weighted by molar-refractivity contribution is 5.94. The van der Waals surface area contributed by atoms with E-state index in [9.17, 15) is 31.9 Å². The first-order valence-electron chi connectivity index (χ1n) is 14.7. The van der Waals surface area contributed by atoms with Gasteiger partial charge in [0.2, 0.25) is 11.8 Å². The number of unbranched alkanes of at least 4 members (excludes halogenated alkanes) is 1. The Morgan fingerprint density at radius 1 is 1.07 bits per heavy atom. The molecule has 1 atom stereocenters. The average Bonchev–Trinajstić information content (AvgIpc) is 3.67. The number of aromatic nitrogens is 1. The zero-order valence-electron chi connectivity index (χ0n) is 25.0. The van der Waals surface area contributed by atoms with Crippen molar-refractivity contribution in [3.8, 4) is 23.0 Å². The molecule has 0 saturated heterocycles. The van der Waals surface area contributed by atoms with Crippen LogP contribution in [0.3, 0.4) is 0 Å². The second-order valence-electron chi connectivity index (χ2n) is 10.6. The van der Waals surface area contributed by atoms with Crippen LogP contribution in [0.4, 0.5) is 22.4 Å². The minimum Gasteiger partial charge on any atom is -0.490 e. The summed E-state index contributed by atoms with van der Waals surface area (Å²) < 4.78 is 74.6. The summed E-state index contributed by atoms with van der Waals surface area (Å²) in [5, 5.41) is 5.45. The molecule has 1 heterocycles. The van der Waals surface area contributed by atoms with Crippen LogP contribution in [-0.4, -0.2) is 42.2 Å². The molecule has 1 saturated carbocycles. The van der Waals surface area contributed by atoms with Gasteiger partial charge in [-0.2, -0.15) is 8.78 Å². The Kier molecular flexibility index (Phi) is 11.8. The minimum absolute atomic E-state index is 0.00713. The number of nitrogens with two attached hydrogens (primary N) is 1. The van der Waals surface area contributed by atoms with Gasteiger partial charge in [0, 0.05) is 36.2 Å². The third-order valence-corrected chi connectivity index (χ3v) is 7.17. The number of alkyl halides is 2. The van der Waals surface area contributed by atoms with E-state index >= 15 is 0 Å². The highest BCUT2D eigenvalue weighted by atomic mass is 19.3. The lowest BCUT2D eigenvalue weighted by molar-refractivity contribution is -0.121. The summed E-state index contributed by atoms with van der Waals surface area (Å²) in [6, 6.07) is 6.93. The minimum atomic E-state index is -3.14. The van der Waals surface area contributed by atoms with E-state index in [1.54, 1.807) is 0 Å². The van der Waals surface area contributed by atoms with Gasteiger partial charge < -0.3 is 35.0 Å². The summed E-state index contributed by atoms with van der Waals surface area (Å²) in [4.78, 5) is 40.9. The number of primary amides is 1. The van der Waals surface area contributed by atoms with Gasteiger partial charge in [-0.1, -0.05) is 18.9 Å². The van der Waals surface area contributed by atoms with Crippen LogP contribution >= 0.6 is 0 Å². The normalized spacial score (nSPS) is 13.8. The second-order valence-corrected chi connectivity index (χ2v) is 10.6. The van der Waals surface area contributed by atoms with Crippen molar-refractivity contribution in [2.45, 2.75) is 77.2 Å². The van der Waals surface area contributed by atoms with Crippen LogP contribution in [0.2, 0.25) is 0 Å². The fraction of sp³-hybridized carbons (Fsp3) is 0.419. The van der Waals surface area contributed by atoms with Crippen LogP contribution < -0.4 is 25.8 Å². The molecule has 0 spiro atoms. The Morgan fingerprint density at radius 3 is 2.52 bits per heavy atom. The molecule has 3 aromatic rings. The van der Waals surface area contributed by atoms with Crippen molar-refractivity contribution in [3.63, 3.8) is 0 Å². The molecule has 1 aliphatic rings. The van der Waals surface area contributed by atoms with E-state index in [-0.39, 0.29) is 65.1 Å². The number of amides is 3. The largest absolute Gasteiger partial charge is 0.490 e. The monoisotopic (exact) mass is 650 g/mol. The number of ether oxygens (including phenoxy) is 3. The molecule has 4 N–H and O–H groups in total. The number of carbonyl (C=O) groups is 3. The summed E-state index contributed by atoms with van der Waals surface area (Å²) in [5.41, 5.74) is 4.97. The van der Waals surface area contributed by atoms with E-state index in [2.05, 4.69) is 20.4 Å². The fourth-order valence-electron chi connectivity index (χ4n) is 4.93. The molecule has 11 nitrogen and oxygen atoms in total. The highest BCUT2D eigenvalue weighted by Crippen LogP contribution is 2.35. The SMILES string of the molecule is C[C@H](OC(N)=O)c1oc(-c2ccc(OC(F)F)c(OCCCCC(=O)NC3CCCC3)c2)nc1C(=O)NCc1ccc(F)cc1F. The van der Waals surface area contributed by atoms with E-state index in [1.807, 2.05) is 0 Å². The van der Waals surface area contributed by atoms with Gasteiger partial charge in [-0.3, -0.25) is 9.59 Å². The highest BCUT2D eigenvalue weighted by Gasteiger charge is 2.28. The number of rotatable bonds is 15. The lowest BCUT2D eigenvalue weighted by Crippen LogP contribution is -2.32. The Labute approximate surface area is 261 Å². The summed E-state index contributed by atoms with van der Waals surface area (Å²) >= 11 is 0. The molecule has 0 unspecified atom stereocenters. The zero-order valence-corrected chi connectivity index (χ0v) is 25.0. The van der Waals surface area contributed by atoms with Gasteiger partial charge in [-0.15, -0.1) is 0 Å². The van der Waals surface area contributed by atoms with Crippen LogP contribution in [0.1, 0.15) is 79.8 Å². The molecule has 2 aromatic carbocycles. The number of nitrogens with one attached hydrogen (secondary N) is 2. The molecular formula is C31H34F4N4O7. The Balaban J connectivity index is 1.49. The summed E-state index contributed by atoms with van der Waals surface area (Å²) in [6.45, 7) is -2.03. The van der Waals surface area contributed by atoms with Crippen molar-refractivity contribution >= 4 is 17.9 Å². The third-order valence-electron chi connectivity index (χ3n) is 7.17. The van der Waals surface area contributed by atoms with Gasteiger partial charge >= 0.3 is 12.7 Å². The summed E-state index contributed by atoms with van der Waals surface area (Å²) in [5.74, 6) is -3.29. The van der Waals surface area contributed by atoms with Crippen LogP contribution in [0.25, 0.3) is 11.5 Å². The predicted molar refractivity (Wildman–Crippen MR) is 155 cm³/mol. The van der Waals surface area contributed by atoms with Crippen molar-refractivity contribution in [2.75, 3.05) is 6.61 Å². The molecule has 46 heavy (non-hydrogen) atoms. The maximum atomic E-state index is 14.1. The summed E-state index contributed by atoms with van der Waals surface area (Å²) in [6.07, 6.45) is 3.04. The van der Waals surface area contributed by atoms with Crippen LogP contribution in [0.5, 0.6) is 11.5 Å². The maximum Gasteiger partial charge on any atom is 0.405 e. The molecular weight excluding hydrogens is 616 g/mol. The average molecular weight is 651 g/mol. The Morgan fingerprint density at radius 2 is 1.83 bits per heavy atom. The topological polar surface area (TPSA) is 155 Å². The lowest BCUT2D eigenvalue weighted by Gasteiger charge is -2.14. The number of hydrogen-bond acceptors (Lipinski definition) is 8. The molecule has 0 radical (unpaired) electrons. The van der Waals surface area contributed by atoms with E-state index in [1.165, 1.54) is 25.1 Å². The van der Waals surface area contributed by atoms with Gasteiger partial charge in [-0.05, 0) is 56.9 Å². The second kappa shape index (κ2) is 16.0. The number of benzene rings is 2. The molecule has 1 aliphatic carbocycles. The van der Waals surface area contributed by atoms with Crippen LogP contribution in [0.15, 0.2) is 40.8 Å². The van der Waals surface area contributed by atoms with Crippen molar-refractivity contribution in [2.24, 2.45) is 5.73 Å². The lowest BCUT2D eigenvalue weighted by atomic mass is 10.2. The molecule has 15 heteroatoms. The van der Waals surface area contributed by atoms with Crippen molar-refractivity contribution < 1.29 is 50.6 Å². The molecule has 0 aliphatic heterocycles. The smallest absolute Gasteiger partial charge is 0.405 e. The predicted octanol–water partition coefficient (Wildman–Crippen LogP) is 5.92. The van der Waals surface area contributed by atoms with Gasteiger partial charge in [0.05, 0.1) is 6.61 Å². The fourth-order valence-corrected chi connectivity index (χ4v) is 4.93. The van der Waals surface area contributed by atoms with Crippen molar-refractivity contribution in [1.82, 2.24) is 15.6 Å². The molecule has 0 bridgehead atoms. The van der Waals surface area contributed by atoms with Crippen LogP contribution in [0, 0.1) is 11.6 Å². The molecule has 1 aromatic heterocycles. The Bertz CT molecular complexity index is 1530. The van der Waals surface area contributed by atoms with Crippen molar-refractivity contribution in [1.29, 1.82) is 0 Å². The van der Waals surface area contributed by atoms with E-state index in [0.717, 1.165) is 37.8 Å². The van der Waals surface area contributed by atoms with Gasteiger partial charge in [0.25, 0.3) is 5.91 Å². The number of hydrogen-bond donors (Lipinski definition) is 3. The first kappa shape index (κ1) is 34.1. The number of nitrogens with zero attached hydrogens (tertiary/aromatic N) is 1. The third kappa shape index (κ3) is 9.59. The molecule has 4 rings (SSSR count). The van der Waals surface area contributed by atoms with E-state index in [4.69, 9.17) is 19.6 Å².